The van der Waals surface area contributed by atoms with E-state index in [2.05, 4.69) is 74.6 Å². The number of rotatable bonds is 38. The lowest BCUT2D eigenvalue weighted by Gasteiger charge is -2.19. The molecule has 0 amide bonds. The van der Waals surface area contributed by atoms with Crippen molar-refractivity contribution in [2.75, 3.05) is 26.4 Å². The van der Waals surface area contributed by atoms with E-state index in [1.54, 1.807) is 0 Å². The summed E-state index contributed by atoms with van der Waals surface area (Å²) < 4.78 is 32.7. The average molecular weight is 766 g/mol. The Balaban J connectivity index is 4.24. The number of hydrogen-bond donors (Lipinski definition) is 2. The van der Waals surface area contributed by atoms with Crippen molar-refractivity contribution in [3.05, 3.63) is 60.8 Å². The molecule has 0 saturated carbocycles. The number of phosphoric ester groups is 1. The molecule has 0 heterocycles. The summed E-state index contributed by atoms with van der Waals surface area (Å²) in [6, 6.07) is 0. The number of nitrogens with two attached hydrogens (primary N) is 1. The Labute approximate surface area is 323 Å². The molecule has 0 aliphatic carbocycles. The van der Waals surface area contributed by atoms with Gasteiger partial charge in [0.1, 0.15) is 6.61 Å². The highest BCUT2D eigenvalue weighted by Gasteiger charge is 2.25. The van der Waals surface area contributed by atoms with Gasteiger partial charge in [-0.05, 0) is 77.0 Å². The lowest BCUT2D eigenvalue weighted by atomic mass is 10.1. The molecular formula is C43H76NO8P. The molecule has 0 aromatic carbocycles. The summed E-state index contributed by atoms with van der Waals surface area (Å²) in [6.45, 7) is 3.56. The van der Waals surface area contributed by atoms with Gasteiger partial charge in [0, 0.05) is 19.4 Å². The number of allylic oxidation sites excluding steroid dienone is 10. The molecule has 306 valence electrons. The third-order valence-corrected chi connectivity index (χ3v) is 9.37. The van der Waals surface area contributed by atoms with Gasteiger partial charge in [-0.25, -0.2) is 4.57 Å². The predicted octanol–water partition coefficient (Wildman–Crippen LogP) is 11.7. The maximum Gasteiger partial charge on any atom is 0.472 e. The summed E-state index contributed by atoms with van der Waals surface area (Å²) in [4.78, 5) is 34.8. The molecule has 1 unspecified atom stereocenters. The molecule has 10 heteroatoms. The van der Waals surface area contributed by atoms with E-state index < -0.39 is 32.5 Å². The van der Waals surface area contributed by atoms with Gasteiger partial charge in [0.15, 0.2) is 6.10 Å². The minimum absolute atomic E-state index is 0.0459. The van der Waals surface area contributed by atoms with Gasteiger partial charge < -0.3 is 20.1 Å². The fourth-order valence-electron chi connectivity index (χ4n) is 5.32. The molecule has 53 heavy (non-hydrogen) atoms. The largest absolute Gasteiger partial charge is 0.472 e. The quantitative estimate of drug-likeness (QED) is 0.0272. The first-order chi connectivity index (χ1) is 25.8. The maximum absolute atomic E-state index is 12.6. The predicted molar refractivity (Wildman–Crippen MR) is 219 cm³/mol. The fourth-order valence-corrected chi connectivity index (χ4v) is 6.09. The van der Waals surface area contributed by atoms with E-state index in [1.807, 2.05) is 0 Å². The summed E-state index contributed by atoms with van der Waals surface area (Å²) in [5, 5.41) is 0. The molecule has 9 nitrogen and oxygen atoms in total. The summed E-state index contributed by atoms with van der Waals surface area (Å²) in [5.74, 6) is -0.866. The van der Waals surface area contributed by atoms with Gasteiger partial charge in [0.05, 0.1) is 13.2 Å². The molecule has 0 rings (SSSR count). The number of unbranched alkanes of at least 4 members (excludes halogenated alkanes) is 15. The second kappa shape index (κ2) is 39.4. The minimum Gasteiger partial charge on any atom is -0.462 e. The Morgan fingerprint density at radius 1 is 0.585 bits per heavy atom. The monoisotopic (exact) mass is 766 g/mol. The summed E-state index contributed by atoms with van der Waals surface area (Å²) >= 11 is 0. The molecular weight excluding hydrogens is 689 g/mol. The van der Waals surface area contributed by atoms with Gasteiger partial charge in [-0.3, -0.25) is 18.6 Å². The topological polar surface area (TPSA) is 134 Å². The zero-order valence-corrected chi connectivity index (χ0v) is 34.4. The van der Waals surface area contributed by atoms with Crippen molar-refractivity contribution in [3.8, 4) is 0 Å². The third kappa shape index (κ3) is 39.2. The first kappa shape index (κ1) is 50.7. The molecule has 3 N–H and O–H groups in total. The van der Waals surface area contributed by atoms with E-state index in [4.69, 9.17) is 24.3 Å². The van der Waals surface area contributed by atoms with E-state index in [0.717, 1.165) is 83.5 Å². The molecule has 0 fully saturated rings. The van der Waals surface area contributed by atoms with E-state index in [1.165, 1.54) is 51.4 Å². The second-order valence-corrected chi connectivity index (χ2v) is 14.9. The Morgan fingerprint density at radius 2 is 1.04 bits per heavy atom. The standard InChI is InChI=1S/C43H76NO8P/c1-3-5-7-9-11-13-15-17-19-20-22-24-26-28-30-32-34-36-43(46)52-41(40-51-53(47,48)50-38-37-44)39-49-42(45)35-33-31-29-27-25-23-21-18-16-14-12-10-8-6-4-2/h5,7,11,13-14,16-17,19,22,24,41H,3-4,6,8-10,12,15,18,20-21,23,25-40,44H2,1-2H3,(H,47,48)/t41-/m1/s1. The lowest BCUT2D eigenvalue weighted by Crippen LogP contribution is -2.29. The van der Waals surface area contributed by atoms with Crippen LogP contribution in [0.3, 0.4) is 0 Å². The van der Waals surface area contributed by atoms with Gasteiger partial charge in [-0.15, -0.1) is 0 Å². The van der Waals surface area contributed by atoms with Gasteiger partial charge in [0.25, 0.3) is 0 Å². The molecule has 0 saturated heterocycles. The van der Waals surface area contributed by atoms with Crippen molar-refractivity contribution >= 4 is 19.8 Å². The summed E-state index contributed by atoms with van der Waals surface area (Å²) in [7, 11) is -4.38. The van der Waals surface area contributed by atoms with Crippen LogP contribution in [0.5, 0.6) is 0 Å². The molecule has 0 aromatic heterocycles. The van der Waals surface area contributed by atoms with Gasteiger partial charge in [-0.1, -0.05) is 139 Å². The van der Waals surface area contributed by atoms with Crippen LogP contribution in [0.4, 0.5) is 0 Å². The Hall–Kier alpha value is -2.29. The normalized spacial score (nSPS) is 14.0. The number of carbonyl (C=O) groups is 2. The van der Waals surface area contributed by atoms with Gasteiger partial charge in [-0.2, -0.15) is 0 Å². The van der Waals surface area contributed by atoms with Crippen molar-refractivity contribution < 1.29 is 37.6 Å². The zero-order chi connectivity index (χ0) is 38.9. The smallest absolute Gasteiger partial charge is 0.462 e. The number of ether oxygens (including phenoxy) is 2. The van der Waals surface area contributed by atoms with Crippen molar-refractivity contribution in [2.24, 2.45) is 5.73 Å². The minimum atomic E-state index is -4.38. The van der Waals surface area contributed by atoms with Crippen molar-refractivity contribution in [1.29, 1.82) is 0 Å². The van der Waals surface area contributed by atoms with Crippen molar-refractivity contribution in [1.82, 2.24) is 0 Å². The molecule has 0 aliphatic heterocycles. The van der Waals surface area contributed by atoms with Crippen molar-refractivity contribution in [3.63, 3.8) is 0 Å². The van der Waals surface area contributed by atoms with Crippen LogP contribution >= 0.6 is 7.82 Å². The van der Waals surface area contributed by atoms with Crippen LogP contribution in [0.1, 0.15) is 168 Å². The summed E-state index contributed by atoms with van der Waals surface area (Å²) in [6.07, 6.45) is 45.3. The number of phosphoric acid groups is 1. The van der Waals surface area contributed by atoms with Crippen LogP contribution in [0.15, 0.2) is 60.8 Å². The van der Waals surface area contributed by atoms with Crippen LogP contribution < -0.4 is 5.73 Å². The number of carbonyl (C=O) groups excluding carboxylic acids is 2. The van der Waals surface area contributed by atoms with Gasteiger partial charge >= 0.3 is 19.8 Å². The van der Waals surface area contributed by atoms with Crippen LogP contribution in [-0.2, 0) is 32.7 Å². The van der Waals surface area contributed by atoms with E-state index in [0.29, 0.717) is 6.42 Å². The molecule has 0 bridgehead atoms. The highest BCUT2D eigenvalue weighted by molar-refractivity contribution is 7.47. The Bertz CT molecular complexity index is 1050. The van der Waals surface area contributed by atoms with Crippen LogP contribution in [0.2, 0.25) is 0 Å². The van der Waals surface area contributed by atoms with E-state index >= 15 is 0 Å². The molecule has 0 radical (unpaired) electrons. The van der Waals surface area contributed by atoms with Crippen LogP contribution in [0, 0.1) is 0 Å². The lowest BCUT2D eigenvalue weighted by molar-refractivity contribution is -0.161. The van der Waals surface area contributed by atoms with Crippen LogP contribution in [-0.4, -0.2) is 49.3 Å². The number of esters is 2. The first-order valence-electron chi connectivity index (χ1n) is 20.8. The Kier molecular flexibility index (Phi) is 37.7. The maximum atomic E-state index is 12.6. The van der Waals surface area contributed by atoms with Gasteiger partial charge in [0.2, 0.25) is 0 Å². The SMILES string of the molecule is CCC=CCC=CCC=CCC=CCCCCCCC(=O)O[C@H](COC(=O)CCCCCCCCCC=CCCCCCC)COP(=O)(O)OCCN. The molecule has 0 spiro atoms. The summed E-state index contributed by atoms with van der Waals surface area (Å²) in [5.41, 5.74) is 5.34. The second-order valence-electron chi connectivity index (χ2n) is 13.5. The molecule has 0 aliphatic rings. The number of hydrogen-bond acceptors (Lipinski definition) is 8. The Morgan fingerprint density at radius 3 is 1.57 bits per heavy atom. The molecule has 0 aromatic rings. The third-order valence-electron chi connectivity index (χ3n) is 8.39. The van der Waals surface area contributed by atoms with Crippen LogP contribution in [0.25, 0.3) is 0 Å². The highest BCUT2D eigenvalue weighted by atomic mass is 31.2. The zero-order valence-electron chi connectivity index (χ0n) is 33.5. The van der Waals surface area contributed by atoms with E-state index in [-0.39, 0.29) is 32.6 Å². The van der Waals surface area contributed by atoms with Crippen molar-refractivity contribution in [2.45, 2.75) is 174 Å². The van der Waals surface area contributed by atoms with E-state index in [9.17, 15) is 19.0 Å². The first-order valence-corrected chi connectivity index (χ1v) is 22.3. The average Bonchev–Trinajstić information content (AvgIpc) is 3.14. The fraction of sp³-hybridized carbons (Fsp3) is 0.721. The highest BCUT2D eigenvalue weighted by Crippen LogP contribution is 2.43. The molecule has 2 atom stereocenters.